The fourth-order valence-corrected chi connectivity index (χ4v) is 2.37. The topological polar surface area (TPSA) is 59.6 Å². The van der Waals surface area contributed by atoms with Gasteiger partial charge in [0.05, 0.1) is 13.2 Å². The molecule has 2 N–H and O–H groups in total. The van der Waals surface area contributed by atoms with Gasteiger partial charge in [0.1, 0.15) is 16.3 Å². The Kier molecular flexibility index (Phi) is 8.86. The zero-order valence-electron chi connectivity index (χ0n) is 14.8. The summed E-state index contributed by atoms with van der Waals surface area (Å²) in [5.74, 6) is 0.359. The van der Waals surface area contributed by atoms with Crippen LogP contribution in [0.2, 0.25) is 0 Å². The van der Waals surface area contributed by atoms with E-state index in [-0.39, 0.29) is 0 Å². The summed E-state index contributed by atoms with van der Waals surface area (Å²) in [6, 6.07) is 7.42. The van der Waals surface area contributed by atoms with Gasteiger partial charge in [-0.15, -0.1) is 0 Å². The molecule has 0 aliphatic carbocycles. The molecule has 1 aromatic rings. The Hall–Kier alpha value is -2.08. The maximum atomic E-state index is 12.3. The van der Waals surface area contributed by atoms with Crippen LogP contribution in [-0.4, -0.2) is 30.7 Å². The van der Waals surface area contributed by atoms with Gasteiger partial charge in [0.25, 0.3) is 0 Å². The molecule has 0 spiro atoms. The van der Waals surface area contributed by atoms with Gasteiger partial charge in [-0.1, -0.05) is 19.1 Å². The first kappa shape index (κ1) is 20.0. The fraction of sp³-hybridized carbons (Fsp3) is 0.444. The molecule has 0 saturated carbocycles. The average Bonchev–Trinajstić information content (AvgIpc) is 2.55. The van der Waals surface area contributed by atoms with E-state index in [4.69, 9.17) is 21.7 Å². The summed E-state index contributed by atoms with van der Waals surface area (Å²) in [7, 11) is 0. The van der Waals surface area contributed by atoms with Crippen LogP contribution in [0.5, 0.6) is 5.75 Å². The van der Waals surface area contributed by atoms with Gasteiger partial charge in [-0.2, -0.15) is 0 Å². The van der Waals surface area contributed by atoms with Gasteiger partial charge in [0.15, 0.2) is 0 Å². The quantitative estimate of drug-likeness (QED) is 0.403. The number of rotatable bonds is 9. The van der Waals surface area contributed by atoms with E-state index in [2.05, 4.69) is 17.6 Å². The first-order chi connectivity index (χ1) is 11.5. The Morgan fingerprint density at radius 3 is 2.33 bits per heavy atom. The van der Waals surface area contributed by atoms with Crippen LogP contribution < -0.4 is 15.4 Å². The average molecular weight is 350 g/mol. The molecule has 5 nitrogen and oxygen atoms in total. The van der Waals surface area contributed by atoms with Crippen LogP contribution in [0.4, 0.5) is 5.69 Å². The Morgan fingerprint density at radius 2 is 1.79 bits per heavy atom. The highest BCUT2D eigenvalue weighted by Crippen LogP contribution is 2.17. The molecular formula is C18H26N2O3S. The van der Waals surface area contributed by atoms with Gasteiger partial charge in [-0.05, 0) is 51.5 Å². The van der Waals surface area contributed by atoms with Crippen molar-refractivity contribution >= 4 is 28.9 Å². The van der Waals surface area contributed by atoms with Gasteiger partial charge in [-0.25, -0.2) is 4.79 Å². The minimum atomic E-state index is -0.429. The van der Waals surface area contributed by atoms with Crippen molar-refractivity contribution in [2.24, 2.45) is 0 Å². The second-order valence-corrected chi connectivity index (χ2v) is 5.47. The Balaban J connectivity index is 2.92. The Labute approximate surface area is 149 Å². The molecule has 0 bridgehead atoms. The first-order valence-corrected chi connectivity index (χ1v) is 8.60. The SMILES string of the molecule is CCCNC(C)=C(C(=O)OCC)C(=S)Nc1ccc(OCC)cc1. The molecule has 0 atom stereocenters. The third-order valence-corrected chi connectivity index (χ3v) is 3.45. The van der Waals surface area contributed by atoms with Crippen molar-refractivity contribution in [3.05, 3.63) is 35.5 Å². The minimum absolute atomic E-state index is 0.301. The number of benzene rings is 1. The van der Waals surface area contributed by atoms with Crippen molar-refractivity contribution in [2.75, 3.05) is 25.1 Å². The molecular weight excluding hydrogens is 324 g/mol. The van der Waals surface area contributed by atoms with Gasteiger partial charge < -0.3 is 20.1 Å². The zero-order chi connectivity index (χ0) is 17.9. The fourth-order valence-electron chi connectivity index (χ4n) is 2.01. The normalized spacial score (nSPS) is 11.3. The summed E-state index contributed by atoms with van der Waals surface area (Å²) in [6.45, 7) is 9.27. The lowest BCUT2D eigenvalue weighted by molar-refractivity contribution is -0.137. The lowest BCUT2D eigenvalue weighted by atomic mass is 10.2. The maximum Gasteiger partial charge on any atom is 0.342 e. The van der Waals surface area contributed by atoms with Crippen LogP contribution in [0.1, 0.15) is 34.1 Å². The molecule has 0 unspecified atom stereocenters. The second-order valence-electron chi connectivity index (χ2n) is 5.06. The largest absolute Gasteiger partial charge is 0.494 e. The molecule has 6 heteroatoms. The maximum absolute atomic E-state index is 12.3. The number of esters is 1. The van der Waals surface area contributed by atoms with Gasteiger partial charge in [0, 0.05) is 17.9 Å². The number of carbonyl (C=O) groups excluding carboxylic acids is 1. The van der Waals surface area contributed by atoms with Crippen LogP contribution in [0, 0.1) is 0 Å². The van der Waals surface area contributed by atoms with Gasteiger partial charge in [0.2, 0.25) is 0 Å². The van der Waals surface area contributed by atoms with Crippen LogP contribution in [0.25, 0.3) is 0 Å². The molecule has 1 rings (SSSR count). The predicted octanol–water partition coefficient (Wildman–Crippen LogP) is 3.66. The summed E-state index contributed by atoms with van der Waals surface area (Å²) >= 11 is 5.42. The van der Waals surface area contributed by atoms with E-state index in [9.17, 15) is 4.79 Å². The highest BCUT2D eigenvalue weighted by Gasteiger charge is 2.19. The number of ether oxygens (including phenoxy) is 2. The van der Waals surface area contributed by atoms with Crippen molar-refractivity contribution < 1.29 is 14.3 Å². The number of hydrogen-bond acceptors (Lipinski definition) is 5. The molecule has 132 valence electrons. The molecule has 0 amide bonds. The molecule has 0 aliphatic rings. The third kappa shape index (κ3) is 6.20. The van der Waals surface area contributed by atoms with Crippen LogP contribution in [-0.2, 0) is 9.53 Å². The van der Waals surface area contributed by atoms with Crippen LogP contribution in [0.3, 0.4) is 0 Å². The Bertz CT molecular complexity index is 582. The molecule has 0 aliphatic heterocycles. The first-order valence-electron chi connectivity index (χ1n) is 8.19. The molecule has 24 heavy (non-hydrogen) atoms. The summed E-state index contributed by atoms with van der Waals surface area (Å²) in [5, 5.41) is 6.28. The van der Waals surface area contributed by atoms with E-state index < -0.39 is 5.97 Å². The molecule has 0 radical (unpaired) electrons. The number of allylic oxidation sites excluding steroid dienone is 1. The lowest BCUT2D eigenvalue weighted by Crippen LogP contribution is -2.26. The van der Waals surface area contributed by atoms with E-state index in [0.29, 0.717) is 29.5 Å². The van der Waals surface area contributed by atoms with Crippen molar-refractivity contribution in [2.45, 2.75) is 34.1 Å². The second kappa shape index (κ2) is 10.6. The van der Waals surface area contributed by atoms with Crippen molar-refractivity contribution in [3.8, 4) is 5.75 Å². The molecule has 0 aromatic heterocycles. The zero-order valence-corrected chi connectivity index (χ0v) is 15.6. The number of hydrogen-bond donors (Lipinski definition) is 2. The minimum Gasteiger partial charge on any atom is -0.494 e. The van der Waals surface area contributed by atoms with Crippen molar-refractivity contribution in [3.63, 3.8) is 0 Å². The standard InChI is InChI=1S/C18H26N2O3S/c1-5-12-19-13(4)16(18(21)23-7-3)17(24)20-14-8-10-15(11-9-14)22-6-2/h8-11,19H,5-7,12H2,1-4H3,(H,20,24). The summed E-state index contributed by atoms with van der Waals surface area (Å²) < 4.78 is 10.5. The summed E-state index contributed by atoms with van der Waals surface area (Å²) in [6.07, 6.45) is 0.951. The highest BCUT2D eigenvalue weighted by atomic mass is 32.1. The Morgan fingerprint density at radius 1 is 1.12 bits per heavy atom. The van der Waals surface area contributed by atoms with E-state index in [1.165, 1.54) is 0 Å². The number of anilines is 1. The third-order valence-electron chi connectivity index (χ3n) is 3.14. The number of nitrogens with one attached hydrogen (secondary N) is 2. The monoisotopic (exact) mass is 350 g/mol. The molecule has 1 aromatic carbocycles. The molecule has 0 fully saturated rings. The summed E-state index contributed by atoms with van der Waals surface area (Å²) in [4.78, 5) is 12.6. The smallest absolute Gasteiger partial charge is 0.342 e. The predicted molar refractivity (Wildman–Crippen MR) is 101 cm³/mol. The molecule has 0 heterocycles. The summed E-state index contributed by atoms with van der Waals surface area (Å²) in [5.41, 5.74) is 1.85. The van der Waals surface area contributed by atoms with E-state index in [0.717, 1.165) is 24.4 Å². The highest BCUT2D eigenvalue weighted by molar-refractivity contribution is 7.81. The van der Waals surface area contributed by atoms with Gasteiger partial charge in [-0.3, -0.25) is 0 Å². The lowest BCUT2D eigenvalue weighted by Gasteiger charge is -2.15. The van der Waals surface area contributed by atoms with E-state index in [1.54, 1.807) is 6.92 Å². The van der Waals surface area contributed by atoms with Crippen molar-refractivity contribution in [1.29, 1.82) is 0 Å². The molecule has 0 saturated heterocycles. The van der Waals surface area contributed by atoms with E-state index in [1.807, 2.05) is 38.1 Å². The van der Waals surface area contributed by atoms with Crippen LogP contribution in [0.15, 0.2) is 35.5 Å². The van der Waals surface area contributed by atoms with Crippen LogP contribution >= 0.6 is 12.2 Å². The van der Waals surface area contributed by atoms with Gasteiger partial charge >= 0.3 is 5.97 Å². The van der Waals surface area contributed by atoms with Crippen molar-refractivity contribution in [1.82, 2.24) is 5.32 Å². The van der Waals surface area contributed by atoms with E-state index >= 15 is 0 Å². The number of thiocarbonyl (C=S) groups is 1. The number of carbonyl (C=O) groups is 1.